The van der Waals surface area contributed by atoms with Gasteiger partial charge in [-0.2, -0.15) is 0 Å². The number of hydrogen-bond donors (Lipinski definition) is 0. The van der Waals surface area contributed by atoms with Gasteiger partial charge in [-0.15, -0.1) is 13.2 Å². The van der Waals surface area contributed by atoms with Crippen LogP contribution in [0.25, 0.3) is 11.1 Å². The highest BCUT2D eigenvalue weighted by molar-refractivity contribution is 5.95. The summed E-state index contributed by atoms with van der Waals surface area (Å²) in [5, 5.41) is 0. The van der Waals surface area contributed by atoms with Gasteiger partial charge in [-0.1, -0.05) is 39.0 Å². The van der Waals surface area contributed by atoms with E-state index in [4.69, 9.17) is 0 Å². The number of carbonyl (C=O) groups excluding carboxylic acids is 1. The number of carbonyl (C=O) groups is 1. The Balaban J connectivity index is 1.91. The molecule has 0 aromatic heterocycles. The van der Waals surface area contributed by atoms with E-state index >= 15 is 0 Å². The van der Waals surface area contributed by atoms with Crippen LogP contribution in [0, 0.1) is 5.41 Å². The number of alkyl halides is 3. The molecule has 1 aliphatic heterocycles. The number of benzene rings is 2. The van der Waals surface area contributed by atoms with Crippen molar-refractivity contribution >= 4 is 11.7 Å². The molecule has 7 heteroatoms. The van der Waals surface area contributed by atoms with Gasteiger partial charge in [0.25, 0.3) is 0 Å². The van der Waals surface area contributed by atoms with Gasteiger partial charge >= 0.3 is 12.4 Å². The van der Waals surface area contributed by atoms with Crippen LogP contribution in [0.15, 0.2) is 42.5 Å². The molecule has 2 aromatic carbocycles. The lowest BCUT2D eigenvalue weighted by molar-refractivity contribution is -0.274. The molecule has 0 spiro atoms. The fraction of sp³-hybridized carbons (Fsp3) is 0.381. The number of ether oxygens (including phenoxy) is 1. The number of fused-ring (bicyclic) bond motifs is 1. The SMILES string of the molecule is CN1Cc2cc(-c3ccc(OC(F)(F)F)cc3)ccc2N(CC(C)(C)C)C1=O. The molecule has 28 heavy (non-hydrogen) atoms. The summed E-state index contributed by atoms with van der Waals surface area (Å²) >= 11 is 0. The molecule has 2 amide bonds. The van der Waals surface area contributed by atoms with Crippen molar-refractivity contribution in [3.05, 3.63) is 48.0 Å². The number of nitrogens with zero attached hydrogens (tertiary/aromatic N) is 2. The molecule has 1 heterocycles. The highest BCUT2D eigenvalue weighted by Crippen LogP contribution is 2.35. The van der Waals surface area contributed by atoms with Crippen molar-refractivity contribution < 1.29 is 22.7 Å². The maximum atomic E-state index is 12.6. The van der Waals surface area contributed by atoms with Gasteiger partial charge in [0, 0.05) is 20.1 Å². The van der Waals surface area contributed by atoms with Crippen molar-refractivity contribution in [1.82, 2.24) is 4.90 Å². The lowest BCUT2D eigenvalue weighted by Gasteiger charge is -2.38. The third kappa shape index (κ3) is 4.58. The quantitative estimate of drug-likeness (QED) is 0.674. The Hall–Kier alpha value is -2.70. The van der Waals surface area contributed by atoms with Crippen molar-refractivity contribution in [2.24, 2.45) is 5.41 Å². The van der Waals surface area contributed by atoms with Crippen molar-refractivity contribution in [3.8, 4) is 16.9 Å². The summed E-state index contributed by atoms with van der Waals surface area (Å²) in [4.78, 5) is 16.1. The summed E-state index contributed by atoms with van der Waals surface area (Å²) in [7, 11) is 1.76. The first-order valence-corrected chi connectivity index (χ1v) is 8.95. The van der Waals surface area contributed by atoms with Crippen molar-refractivity contribution in [3.63, 3.8) is 0 Å². The molecule has 0 N–H and O–H groups in total. The summed E-state index contributed by atoms with van der Waals surface area (Å²) in [5.41, 5.74) is 3.46. The minimum absolute atomic E-state index is 0.0381. The minimum Gasteiger partial charge on any atom is -0.406 e. The molecule has 0 fully saturated rings. The predicted molar refractivity (Wildman–Crippen MR) is 102 cm³/mol. The molecule has 0 saturated heterocycles. The number of rotatable bonds is 3. The number of anilines is 1. The summed E-state index contributed by atoms with van der Waals surface area (Å²) in [6.07, 6.45) is -4.71. The Morgan fingerprint density at radius 2 is 1.61 bits per heavy atom. The zero-order chi connectivity index (χ0) is 20.7. The number of urea groups is 1. The van der Waals surface area contributed by atoms with Crippen LogP contribution in [0.1, 0.15) is 26.3 Å². The lowest BCUT2D eigenvalue weighted by atomic mass is 9.94. The second kappa shape index (κ2) is 7.04. The third-order valence-corrected chi connectivity index (χ3v) is 4.39. The van der Waals surface area contributed by atoms with E-state index in [-0.39, 0.29) is 17.2 Å². The van der Waals surface area contributed by atoms with Crippen LogP contribution in [0.4, 0.5) is 23.7 Å². The Morgan fingerprint density at radius 3 is 2.18 bits per heavy atom. The van der Waals surface area contributed by atoms with Crippen LogP contribution in [0.5, 0.6) is 5.75 Å². The van der Waals surface area contributed by atoms with E-state index in [1.165, 1.54) is 12.1 Å². The van der Waals surface area contributed by atoms with Crippen LogP contribution in [-0.2, 0) is 6.54 Å². The Labute approximate surface area is 162 Å². The van der Waals surface area contributed by atoms with Crippen LogP contribution in [-0.4, -0.2) is 30.9 Å². The molecule has 150 valence electrons. The largest absolute Gasteiger partial charge is 0.573 e. The zero-order valence-corrected chi connectivity index (χ0v) is 16.3. The van der Waals surface area contributed by atoms with E-state index in [9.17, 15) is 18.0 Å². The third-order valence-electron chi connectivity index (χ3n) is 4.39. The molecular formula is C21H23F3N2O2. The molecule has 0 atom stereocenters. The van der Waals surface area contributed by atoms with E-state index in [2.05, 4.69) is 25.5 Å². The topological polar surface area (TPSA) is 32.8 Å². The second-order valence-electron chi connectivity index (χ2n) is 8.20. The van der Waals surface area contributed by atoms with Gasteiger partial charge in [-0.3, -0.25) is 4.90 Å². The summed E-state index contributed by atoms with van der Waals surface area (Å²) in [6, 6.07) is 11.5. The maximum absolute atomic E-state index is 12.6. The van der Waals surface area contributed by atoms with Gasteiger partial charge in [-0.05, 0) is 46.4 Å². The molecule has 2 aromatic rings. The molecule has 0 bridgehead atoms. The van der Waals surface area contributed by atoms with E-state index < -0.39 is 6.36 Å². The van der Waals surface area contributed by atoms with Gasteiger partial charge in [0.1, 0.15) is 5.75 Å². The second-order valence-corrected chi connectivity index (χ2v) is 8.20. The highest BCUT2D eigenvalue weighted by Gasteiger charge is 2.32. The molecule has 0 saturated carbocycles. The van der Waals surface area contributed by atoms with E-state index in [1.807, 2.05) is 18.2 Å². The minimum atomic E-state index is -4.71. The van der Waals surface area contributed by atoms with E-state index in [1.54, 1.807) is 29.0 Å². The predicted octanol–water partition coefficient (Wildman–Crippen LogP) is 5.67. The Kier molecular flexibility index (Phi) is 5.04. The smallest absolute Gasteiger partial charge is 0.406 e. The van der Waals surface area contributed by atoms with Gasteiger partial charge < -0.3 is 9.64 Å². The summed E-state index contributed by atoms with van der Waals surface area (Å²) in [6.45, 7) is 7.30. The summed E-state index contributed by atoms with van der Waals surface area (Å²) in [5.74, 6) is -0.254. The first kappa shape index (κ1) is 20.0. The number of halogens is 3. The first-order chi connectivity index (χ1) is 12.9. The average molecular weight is 392 g/mol. The fourth-order valence-corrected chi connectivity index (χ4v) is 3.26. The molecule has 0 radical (unpaired) electrons. The van der Waals surface area contributed by atoms with Crippen LogP contribution in [0.2, 0.25) is 0 Å². The number of hydrogen-bond acceptors (Lipinski definition) is 2. The van der Waals surface area contributed by atoms with Crippen LogP contribution < -0.4 is 9.64 Å². The van der Waals surface area contributed by atoms with Crippen molar-refractivity contribution in [2.45, 2.75) is 33.7 Å². The van der Waals surface area contributed by atoms with Gasteiger partial charge in [0.05, 0.1) is 5.69 Å². The summed E-state index contributed by atoms with van der Waals surface area (Å²) < 4.78 is 40.9. The van der Waals surface area contributed by atoms with E-state index in [0.29, 0.717) is 13.1 Å². The normalized spacial score (nSPS) is 14.9. The monoisotopic (exact) mass is 392 g/mol. The van der Waals surface area contributed by atoms with Gasteiger partial charge in [0.2, 0.25) is 0 Å². The fourth-order valence-electron chi connectivity index (χ4n) is 3.26. The molecule has 3 rings (SSSR count). The van der Waals surface area contributed by atoms with Gasteiger partial charge in [0.15, 0.2) is 0 Å². The molecule has 0 aliphatic carbocycles. The first-order valence-electron chi connectivity index (χ1n) is 8.95. The average Bonchev–Trinajstić information content (AvgIpc) is 2.57. The van der Waals surface area contributed by atoms with Crippen LogP contribution >= 0.6 is 0 Å². The molecular weight excluding hydrogens is 369 g/mol. The van der Waals surface area contributed by atoms with Gasteiger partial charge in [-0.25, -0.2) is 4.79 Å². The number of amides is 2. The zero-order valence-electron chi connectivity index (χ0n) is 16.3. The molecule has 0 unspecified atom stereocenters. The van der Waals surface area contributed by atoms with Crippen LogP contribution in [0.3, 0.4) is 0 Å². The lowest BCUT2D eigenvalue weighted by Crippen LogP contribution is -2.48. The Morgan fingerprint density at radius 1 is 1.00 bits per heavy atom. The van der Waals surface area contributed by atoms with Crippen molar-refractivity contribution in [2.75, 3.05) is 18.5 Å². The van der Waals surface area contributed by atoms with Crippen molar-refractivity contribution in [1.29, 1.82) is 0 Å². The molecule has 4 nitrogen and oxygen atoms in total. The Bertz CT molecular complexity index is 871. The van der Waals surface area contributed by atoms with E-state index in [0.717, 1.165) is 22.4 Å². The standard InChI is InChI=1S/C21H23F3N2O2/c1-20(2,3)13-26-18-10-7-15(11-16(18)12-25(4)19(26)27)14-5-8-17(9-6-14)28-21(22,23)24/h5-11H,12-13H2,1-4H3. The molecule has 1 aliphatic rings. The highest BCUT2D eigenvalue weighted by atomic mass is 19.4. The maximum Gasteiger partial charge on any atom is 0.573 e.